The molecule has 1 aliphatic carbocycles. The van der Waals surface area contributed by atoms with Gasteiger partial charge < -0.3 is 15.2 Å². The Morgan fingerprint density at radius 2 is 2.00 bits per heavy atom. The average molecular weight is 283 g/mol. The van der Waals surface area contributed by atoms with Crippen LogP contribution in [0.3, 0.4) is 0 Å². The number of fused-ring (bicyclic) bond motifs is 2. The maximum atomic E-state index is 12.4. The van der Waals surface area contributed by atoms with Crippen LogP contribution in [0.25, 0.3) is 10.8 Å². The number of amides is 1. The van der Waals surface area contributed by atoms with Crippen LogP contribution in [0.1, 0.15) is 23.2 Å². The third-order valence-corrected chi connectivity index (χ3v) is 4.69. The van der Waals surface area contributed by atoms with Crippen molar-refractivity contribution in [3.05, 3.63) is 42.0 Å². The van der Waals surface area contributed by atoms with Gasteiger partial charge in [-0.15, -0.1) is 0 Å². The van der Waals surface area contributed by atoms with Gasteiger partial charge in [0.05, 0.1) is 11.7 Å². The topological polar surface area (TPSA) is 58.6 Å². The van der Waals surface area contributed by atoms with Gasteiger partial charge in [0.1, 0.15) is 5.75 Å². The molecule has 108 valence electrons. The monoisotopic (exact) mass is 283 g/mol. The molecule has 21 heavy (non-hydrogen) atoms. The summed E-state index contributed by atoms with van der Waals surface area (Å²) in [6.45, 7) is 0.795. The number of carbonyl (C=O) groups is 1. The van der Waals surface area contributed by atoms with E-state index in [2.05, 4.69) is 5.32 Å². The first-order valence-corrected chi connectivity index (χ1v) is 7.36. The summed E-state index contributed by atoms with van der Waals surface area (Å²) in [7, 11) is 0. The molecule has 0 unspecified atom stereocenters. The van der Waals surface area contributed by atoms with Crippen LogP contribution >= 0.6 is 0 Å². The molecule has 4 nitrogen and oxygen atoms in total. The number of aromatic hydroxyl groups is 1. The van der Waals surface area contributed by atoms with Gasteiger partial charge in [0.2, 0.25) is 0 Å². The van der Waals surface area contributed by atoms with Gasteiger partial charge in [0, 0.05) is 18.6 Å². The highest BCUT2D eigenvalue weighted by atomic mass is 16.5. The molecular formula is C17H17NO3. The van der Waals surface area contributed by atoms with Crippen LogP contribution in [-0.2, 0) is 4.74 Å². The van der Waals surface area contributed by atoms with Crippen LogP contribution in [-0.4, -0.2) is 29.8 Å². The first kappa shape index (κ1) is 12.7. The van der Waals surface area contributed by atoms with E-state index in [4.69, 9.17) is 4.74 Å². The van der Waals surface area contributed by atoms with E-state index in [1.54, 1.807) is 12.1 Å². The number of carbonyl (C=O) groups excluding carboxylic acids is 1. The zero-order chi connectivity index (χ0) is 14.4. The lowest BCUT2D eigenvalue weighted by molar-refractivity contribution is 0.00807. The van der Waals surface area contributed by atoms with E-state index >= 15 is 0 Å². The number of nitrogens with one attached hydrogen (secondary N) is 1. The van der Waals surface area contributed by atoms with E-state index in [9.17, 15) is 9.90 Å². The number of ether oxygens (including phenoxy) is 1. The fraction of sp³-hybridized carbons (Fsp3) is 0.353. The molecule has 1 aliphatic heterocycles. The van der Waals surface area contributed by atoms with Crippen molar-refractivity contribution in [2.45, 2.75) is 25.0 Å². The zero-order valence-electron chi connectivity index (χ0n) is 11.6. The summed E-state index contributed by atoms with van der Waals surface area (Å²) in [6, 6.07) is 11.3. The van der Waals surface area contributed by atoms with Crippen LogP contribution in [0.4, 0.5) is 0 Å². The summed E-state index contributed by atoms with van der Waals surface area (Å²) in [5, 5.41) is 15.0. The number of benzene rings is 2. The van der Waals surface area contributed by atoms with E-state index in [1.165, 1.54) is 0 Å². The quantitative estimate of drug-likeness (QED) is 0.890. The molecule has 2 fully saturated rings. The summed E-state index contributed by atoms with van der Waals surface area (Å²) < 4.78 is 5.55. The number of rotatable bonds is 2. The molecule has 1 saturated heterocycles. The number of phenolic OH excluding ortho intramolecular Hbond substituents is 1. The molecule has 0 bridgehead atoms. The maximum Gasteiger partial charge on any atom is 0.255 e. The Hall–Kier alpha value is -2.07. The van der Waals surface area contributed by atoms with E-state index in [0.29, 0.717) is 17.6 Å². The van der Waals surface area contributed by atoms with Crippen molar-refractivity contribution < 1.29 is 14.6 Å². The molecule has 1 heterocycles. The van der Waals surface area contributed by atoms with Gasteiger partial charge in [-0.1, -0.05) is 24.3 Å². The minimum absolute atomic E-state index is 0.0322. The lowest BCUT2D eigenvalue weighted by Crippen LogP contribution is -2.53. The summed E-state index contributed by atoms with van der Waals surface area (Å²) >= 11 is 0. The molecule has 3 atom stereocenters. The predicted molar refractivity (Wildman–Crippen MR) is 79.3 cm³/mol. The normalized spacial score (nSPS) is 27.1. The van der Waals surface area contributed by atoms with Gasteiger partial charge in [-0.05, 0) is 35.7 Å². The summed E-state index contributed by atoms with van der Waals surface area (Å²) in [5.74, 6) is 0.273. The summed E-state index contributed by atoms with van der Waals surface area (Å²) in [5.41, 5.74) is 0.344. The second-order valence-corrected chi connectivity index (χ2v) is 5.89. The average Bonchev–Trinajstić information content (AvgIpc) is 2.85. The third-order valence-electron chi connectivity index (χ3n) is 4.69. The molecule has 4 rings (SSSR count). The van der Waals surface area contributed by atoms with Crippen molar-refractivity contribution in [2.75, 3.05) is 6.61 Å². The Labute approximate surface area is 122 Å². The van der Waals surface area contributed by atoms with Gasteiger partial charge >= 0.3 is 0 Å². The molecule has 2 aromatic rings. The van der Waals surface area contributed by atoms with Gasteiger partial charge in [0.25, 0.3) is 5.91 Å². The van der Waals surface area contributed by atoms with Crippen molar-refractivity contribution in [3.63, 3.8) is 0 Å². The SMILES string of the molecule is O=C(N[C@@H]1C[C@H]2OCC[C@@H]12)c1cc2ccccc2cc1O. The molecule has 2 aliphatic rings. The summed E-state index contributed by atoms with van der Waals surface area (Å²) in [4.78, 5) is 12.4. The smallest absolute Gasteiger partial charge is 0.255 e. The fourth-order valence-corrected chi connectivity index (χ4v) is 3.42. The van der Waals surface area contributed by atoms with Gasteiger partial charge in [0.15, 0.2) is 0 Å². The van der Waals surface area contributed by atoms with E-state index in [0.717, 1.165) is 30.2 Å². The Morgan fingerprint density at radius 1 is 1.24 bits per heavy atom. The second-order valence-electron chi connectivity index (χ2n) is 5.89. The lowest BCUT2D eigenvalue weighted by Gasteiger charge is -2.39. The standard InChI is InChI=1S/C17H17NO3/c19-15-8-11-4-2-1-3-10(11)7-13(15)17(20)18-14-9-16-12(14)5-6-21-16/h1-4,7-8,12,14,16,19H,5-6,9H2,(H,18,20)/t12-,14+,16+/m0/s1. The van der Waals surface area contributed by atoms with E-state index in [-0.39, 0.29) is 17.7 Å². The van der Waals surface area contributed by atoms with Crippen LogP contribution < -0.4 is 5.32 Å². The largest absolute Gasteiger partial charge is 0.507 e. The lowest BCUT2D eigenvalue weighted by atomic mass is 9.76. The van der Waals surface area contributed by atoms with Gasteiger partial charge in [-0.2, -0.15) is 0 Å². The fourth-order valence-electron chi connectivity index (χ4n) is 3.42. The molecular weight excluding hydrogens is 266 g/mol. The molecule has 0 radical (unpaired) electrons. The first-order valence-electron chi connectivity index (χ1n) is 7.36. The van der Waals surface area contributed by atoms with Crippen molar-refractivity contribution >= 4 is 16.7 Å². The van der Waals surface area contributed by atoms with Crippen molar-refractivity contribution in [1.82, 2.24) is 5.32 Å². The molecule has 2 aromatic carbocycles. The predicted octanol–water partition coefficient (Wildman–Crippen LogP) is 2.45. The Morgan fingerprint density at radius 3 is 2.76 bits per heavy atom. The van der Waals surface area contributed by atoms with Crippen LogP contribution in [0.15, 0.2) is 36.4 Å². The number of hydrogen-bond donors (Lipinski definition) is 2. The first-order chi connectivity index (χ1) is 10.2. The zero-order valence-corrected chi connectivity index (χ0v) is 11.6. The minimum Gasteiger partial charge on any atom is -0.507 e. The molecule has 1 saturated carbocycles. The van der Waals surface area contributed by atoms with Crippen LogP contribution in [0.2, 0.25) is 0 Å². The van der Waals surface area contributed by atoms with E-state index in [1.807, 2.05) is 24.3 Å². The van der Waals surface area contributed by atoms with Crippen LogP contribution in [0.5, 0.6) is 5.75 Å². The van der Waals surface area contributed by atoms with Crippen LogP contribution in [0, 0.1) is 5.92 Å². The Kier molecular flexibility index (Phi) is 2.86. The molecule has 0 spiro atoms. The van der Waals surface area contributed by atoms with Crippen molar-refractivity contribution in [3.8, 4) is 5.75 Å². The highest BCUT2D eigenvalue weighted by Crippen LogP contribution is 2.38. The third kappa shape index (κ3) is 2.07. The van der Waals surface area contributed by atoms with Gasteiger partial charge in [-0.3, -0.25) is 4.79 Å². The van der Waals surface area contributed by atoms with E-state index < -0.39 is 0 Å². The molecule has 0 aromatic heterocycles. The minimum atomic E-state index is -0.200. The van der Waals surface area contributed by atoms with Gasteiger partial charge in [-0.25, -0.2) is 0 Å². The maximum absolute atomic E-state index is 12.4. The highest BCUT2D eigenvalue weighted by Gasteiger charge is 2.45. The number of phenols is 1. The van der Waals surface area contributed by atoms with Crippen molar-refractivity contribution in [2.24, 2.45) is 5.92 Å². The summed E-state index contributed by atoms with van der Waals surface area (Å²) in [6.07, 6.45) is 2.21. The molecule has 2 N–H and O–H groups in total. The Bertz CT molecular complexity index is 712. The Balaban J connectivity index is 1.57. The number of hydrogen-bond acceptors (Lipinski definition) is 3. The second kappa shape index (κ2) is 4.74. The molecule has 1 amide bonds. The van der Waals surface area contributed by atoms with Crippen molar-refractivity contribution in [1.29, 1.82) is 0 Å². The highest BCUT2D eigenvalue weighted by molar-refractivity contribution is 6.01. The molecule has 4 heteroatoms.